The highest BCUT2D eigenvalue weighted by molar-refractivity contribution is 7.92. The number of hydrogen-bond donors (Lipinski definition) is 2. The molecule has 0 saturated heterocycles. The summed E-state index contributed by atoms with van der Waals surface area (Å²) >= 11 is 0. The Balaban J connectivity index is 2.24. The molecule has 2 rings (SSSR count). The van der Waals surface area contributed by atoms with Crippen molar-refractivity contribution in [1.29, 1.82) is 0 Å². The average Bonchev–Trinajstić information content (AvgIpc) is 2.46. The molecular weight excluding hydrogens is 294 g/mol. The number of sulfonamides is 1. The highest BCUT2D eigenvalue weighted by atomic mass is 32.2. The Morgan fingerprint density at radius 3 is 2.76 bits per heavy atom. The van der Waals surface area contributed by atoms with Crippen molar-refractivity contribution in [3.05, 3.63) is 54.5 Å². The monoisotopic (exact) mass is 305 g/mol. The summed E-state index contributed by atoms with van der Waals surface area (Å²) in [4.78, 5) is 18.1. The topological polar surface area (TPSA) is 109 Å². The van der Waals surface area contributed by atoms with Gasteiger partial charge < -0.3 is 5.11 Å². The van der Waals surface area contributed by atoms with Gasteiger partial charge >= 0.3 is 5.97 Å². The number of pyridine rings is 2. The van der Waals surface area contributed by atoms with E-state index in [1.54, 1.807) is 6.07 Å². The lowest BCUT2D eigenvalue weighted by atomic mass is 10.2. The molecule has 7 nitrogen and oxygen atoms in total. The minimum atomic E-state index is -3.78. The van der Waals surface area contributed by atoms with Crippen molar-refractivity contribution < 1.29 is 18.3 Å². The van der Waals surface area contributed by atoms with Crippen LogP contribution in [0, 0.1) is 0 Å². The molecule has 21 heavy (non-hydrogen) atoms. The van der Waals surface area contributed by atoms with Gasteiger partial charge in [0.25, 0.3) is 10.0 Å². The van der Waals surface area contributed by atoms with Gasteiger partial charge in [0.1, 0.15) is 10.7 Å². The predicted molar refractivity (Wildman–Crippen MR) is 76.0 cm³/mol. The van der Waals surface area contributed by atoms with Crippen molar-refractivity contribution in [3.8, 4) is 0 Å². The van der Waals surface area contributed by atoms with Gasteiger partial charge in [-0.3, -0.25) is 9.71 Å². The third kappa shape index (κ3) is 4.11. The molecule has 0 aliphatic rings. The van der Waals surface area contributed by atoms with Gasteiger partial charge in [0.2, 0.25) is 0 Å². The summed E-state index contributed by atoms with van der Waals surface area (Å²) in [5.74, 6) is -1.00. The highest BCUT2D eigenvalue weighted by Gasteiger charge is 2.14. The summed E-state index contributed by atoms with van der Waals surface area (Å²) in [6.07, 6.45) is 6.36. The molecule has 0 saturated carbocycles. The van der Waals surface area contributed by atoms with Gasteiger partial charge in [-0.2, -0.15) is 0 Å². The maximum absolute atomic E-state index is 12.1. The Labute approximate surface area is 121 Å². The van der Waals surface area contributed by atoms with Gasteiger partial charge in [0.15, 0.2) is 0 Å². The summed E-state index contributed by atoms with van der Waals surface area (Å²) in [5.41, 5.74) is 0.510. The maximum atomic E-state index is 12.1. The van der Waals surface area contributed by atoms with E-state index < -0.39 is 16.0 Å². The van der Waals surface area contributed by atoms with E-state index in [9.17, 15) is 13.2 Å². The van der Waals surface area contributed by atoms with Crippen LogP contribution in [0.4, 0.5) is 5.82 Å². The lowest BCUT2D eigenvalue weighted by Gasteiger charge is -2.07. The zero-order chi connectivity index (χ0) is 15.3. The van der Waals surface area contributed by atoms with Crippen LogP contribution in [0.15, 0.2) is 53.8 Å². The Morgan fingerprint density at radius 1 is 1.29 bits per heavy atom. The molecule has 0 bridgehead atoms. The first kappa shape index (κ1) is 14.7. The molecule has 0 aliphatic heterocycles. The maximum Gasteiger partial charge on any atom is 0.328 e. The van der Waals surface area contributed by atoms with Crippen molar-refractivity contribution in [3.63, 3.8) is 0 Å². The van der Waals surface area contributed by atoms with Crippen molar-refractivity contribution in [1.82, 2.24) is 9.97 Å². The summed E-state index contributed by atoms with van der Waals surface area (Å²) in [7, 11) is -3.78. The van der Waals surface area contributed by atoms with Gasteiger partial charge in [-0.15, -0.1) is 0 Å². The van der Waals surface area contributed by atoms with Gasteiger partial charge in [-0.05, 0) is 35.9 Å². The summed E-state index contributed by atoms with van der Waals surface area (Å²) < 4.78 is 26.5. The molecule has 2 heterocycles. The van der Waals surface area contributed by atoms with Crippen molar-refractivity contribution in [2.75, 3.05) is 4.72 Å². The average molecular weight is 305 g/mol. The molecule has 2 aromatic rings. The number of carboxylic acids is 1. The molecular formula is C13H11N3O4S. The van der Waals surface area contributed by atoms with Gasteiger partial charge in [0, 0.05) is 24.7 Å². The van der Waals surface area contributed by atoms with Crippen molar-refractivity contribution in [2.45, 2.75) is 4.90 Å². The van der Waals surface area contributed by atoms with Crippen LogP contribution >= 0.6 is 0 Å². The van der Waals surface area contributed by atoms with Crippen LogP contribution in [0.25, 0.3) is 6.08 Å². The molecule has 2 aromatic heterocycles. The van der Waals surface area contributed by atoms with E-state index in [0.29, 0.717) is 5.56 Å². The van der Waals surface area contributed by atoms with Crippen molar-refractivity contribution >= 4 is 27.9 Å². The van der Waals surface area contributed by atoms with E-state index in [-0.39, 0.29) is 10.7 Å². The Bertz CT molecular complexity index is 773. The molecule has 108 valence electrons. The molecule has 8 heteroatoms. The fourth-order valence-electron chi connectivity index (χ4n) is 1.48. The van der Waals surface area contributed by atoms with E-state index in [1.165, 1.54) is 42.9 Å². The summed E-state index contributed by atoms with van der Waals surface area (Å²) in [5, 5.41) is 8.56. The van der Waals surface area contributed by atoms with E-state index in [2.05, 4.69) is 14.7 Å². The number of hydrogen-bond acceptors (Lipinski definition) is 5. The largest absolute Gasteiger partial charge is 0.478 e. The van der Waals surface area contributed by atoms with Gasteiger partial charge in [0.05, 0.1) is 0 Å². The lowest BCUT2D eigenvalue weighted by Crippen LogP contribution is -2.14. The third-order valence-corrected chi connectivity index (χ3v) is 3.73. The fourth-order valence-corrected chi connectivity index (χ4v) is 2.44. The lowest BCUT2D eigenvalue weighted by molar-refractivity contribution is -0.131. The first-order chi connectivity index (χ1) is 9.97. The zero-order valence-electron chi connectivity index (χ0n) is 10.7. The van der Waals surface area contributed by atoms with Crippen LogP contribution in [0.3, 0.4) is 0 Å². The zero-order valence-corrected chi connectivity index (χ0v) is 11.5. The Morgan fingerprint density at radius 2 is 2.10 bits per heavy atom. The number of aliphatic carboxylic acids is 1. The molecule has 0 radical (unpaired) electrons. The number of nitrogens with zero attached hydrogens (tertiary/aromatic N) is 2. The van der Waals surface area contributed by atoms with Crippen LogP contribution in [0.1, 0.15) is 5.56 Å². The molecule has 0 spiro atoms. The standard InChI is InChI=1S/C13H11N3O4S/c17-13(18)4-3-10-5-7-15-12(8-10)16-21(19,20)11-2-1-6-14-9-11/h1-9H,(H,15,16)(H,17,18)/b4-3+. The number of aromatic nitrogens is 2. The second-order valence-electron chi connectivity index (χ2n) is 3.94. The normalized spacial score (nSPS) is 11.4. The van der Waals surface area contributed by atoms with E-state index >= 15 is 0 Å². The van der Waals surface area contributed by atoms with E-state index in [1.807, 2.05) is 0 Å². The predicted octanol–water partition coefficient (Wildman–Crippen LogP) is 1.38. The van der Waals surface area contributed by atoms with Crippen LogP contribution < -0.4 is 4.72 Å². The number of rotatable bonds is 5. The van der Waals surface area contributed by atoms with Crippen LogP contribution in [-0.4, -0.2) is 29.5 Å². The first-order valence-electron chi connectivity index (χ1n) is 5.77. The smallest absolute Gasteiger partial charge is 0.328 e. The quantitative estimate of drug-likeness (QED) is 0.808. The number of nitrogens with one attached hydrogen (secondary N) is 1. The molecule has 2 N–H and O–H groups in total. The SMILES string of the molecule is O=C(O)/C=C/c1ccnc(NS(=O)(=O)c2cccnc2)c1. The molecule has 0 aliphatic carbocycles. The van der Waals surface area contributed by atoms with Gasteiger partial charge in [-0.25, -0.2) is 18.2 Å². The Kier molecular flexibility index (Phi) is 4.29. The minimum Gasteiger partial charge on any atom is -0.478 e. The van der Waals surface area contributed by atoms with Crippen LogP contribution in [-0.2, 0) is 14.8 Å². The molecule has 0 aromatic carbocycles. The van der Waals surface area contributed by atoms with Gasteiger partial charge in [-0.1, -0.05) is 0 Å². The third-order valence-electron chi connectivity index (χ3n) is 2.39. The van der Waals surface area contributed by atoms with E-state index in [0.717, 1.165) is 6.08 Å². The molecule has 0 unspecified atom stereocenters. The highest BCUT2D eigenvalue weighted by Crippen LogP contribution is 2.14. The Hall–Kier alpha value is -2.74. The van der Waals surface area contributed by atoms with Crippen LogP contribution in [0.2, 0.25) is 0 Å². The first-order valence-corrected chi connectivity index (χ1v) is 7.25. The second-order valence-corrected chi connectivity index (χ2v) is 5.62. The fraction of sp³-hybridized carbons (Fsp3) is 0. The molecule has 0 amide bonds. The number of carbonyl (C=O) groups is 1. The summed E-state index contributed by atoms with van der Waals surface area (Å²) in [6.45, 7) is 0. The second kappa shape index (κ2) is 6.14. The van der Waals surface area contributed by atoms with Crippen LogP contribution in [0.5, 0.6) is 0 Å². The molecule has 0 fully saturated rings. The van der Waals surface area contributed by atoms with E-state index in [4.69, 9.17) is 5.11 Å². The number of anilines is 1. The summed E-state index contributed by atoms with van der Waals surface area (Å²) in [6, 6.07) is 5.90. The molecule has 0 atom stereocenters. The minimum absolute atomic E-state index is 0.0123. The van der Waals surface area contributed by atoms with Crippen molar-refractivity contribution in [2.24, 2.45) is 0 Å². The number of carboxylic acid groups (broad SMARTS) is 1.